The molecule has 0 unspecified atom stereocenters. The van der Waals surface area contributed by atoms with Gasteiger partial charge in [0.2, 0.25) is 11.8 Å². The molecule has 8 nitrogen and oxygen atoms in total. The Balaban J connectivity index is 0.00000523. The van der Waals surface area contributed by atoms with Crippen LogP contribution in [0.2, 0.25) is 0 Å². The Hall–Kier alpha value is -5.31. The summed E-state index contributed by atoms with van der Waals surface area (Å²) in [5.74, 6) is 3.57. The first-order valence-electron chi connectivity index (χ1n) is 17.4. The number of nitrogens with zero attached hydrogens (tertiary/aromatic N) is 3. The van der Waals surface area contributed by atoms with Crippen molar-refractivity contribution in [1.82, 2.24) is 14.8 Å². The van der Waals surface area contributed by atoms with Crippen molar-refractivity contribution in [3.8, 4) is 28.9 Å². The number of halogens is 1. The molecule has 0 radical (unpaired) electrons. The third-order valence-electron chi connectivity index (χ3n) is 8.90. The number of methoxy groups -OCH3 is 1. The highest BCUT2D eigenvalue weighted by Crippen LogP contribution is 2.26. The van der Waals surface area contributed by atoms with E-state index in [1.54, 1.807) is 25.4 Å². The van der Waals surface area contributed by atoms with E-state index in [1.807, 2.05) is 66.4 Å². The zero-order valence-corrected chi connectivity index (χ0v) is 30.8. The van der Waals surface area contributed by atoms with Gasteiger partial charge in [-0.25, -0.2) is 4.98 Å². The molecule has 0 N–H and O–H groups in total. The highest BCUT2D eigenvalue weighted by atomic mass is 35.5. The minimum absolute atomic E-state index is 0. The minimum atomic E-state index is 0. The first-order chi connectivity index (χ1) is 24.9. The summed E-state index contributed by atoms with van der Waals surface area (Å²) < 4.78 is 23.0. The first-order valence-corrected chi connectivity index (χ1v) is 17.4. The van der Waals surface area contributed by atoms with E-state index in [-0.39, 0.29) is 18.3 Å². The van der Waals surface area contributed by atoms with Crippen LogP contribution in [-0.2, 0) is 24.4 Å². The predicted molar refractivity (Wildman–Crippen MR) is 208 cm³/mol. The highest BCUT2D eigenvalue weighted by Gasteiger charge is 2.19. The second-order valence-corrected chi connectivity index (χ2v) is 12.8. The van der Waals surface area contributed by atoms with Crippen molar-refractivity contribution in [1.29, 1.82) is 0 Å². The van der Waals surface area contributed by atoms with E-state index in [1.165, 1.54) is 16.7 Å². The van der Waals surface area contributed by atoms with Crippen molar-refractivity contribution >= 4 is 24.4 Å². The number of piperazine rings is 1. The lowest BCUT2D eigenvalue weighted by Gasteiger charge is -2.34. The molecule has 1 fully saturated rings. The molecule has 52 heavy (non-hydrogen) atoms. The van der Waals surface area contributed by atoms with Gasteiger partial charge in [0.25, 0.3) is 0 Å². The van der Waals surface area contributed by atoms with Gasteiger partial charge in [0.1, 0.15) is 29.6 Å². The molecule has 1 aromatic heterocycles. The topological polar surface area (TPSA) is 73.4 Å². The fraction of sp³-hybridized carbons (Fsp3) is 0.256. The number of carbonyl (C=O) groups excluding carboxylic acids is 1. The Labute approximate surface area is 313 Å². The van der Waals surface area contributed by atoms with Gasteiger partial charge in [0, 0.05) is 51.3 Å². The predicted octanol–water partition coefficient (Wildman–Crippen LogP) is 8.48. The van der Waals surface area contributed by atoms with Crippen LogP contribution in [0.15, 0.2) is 115 Å². The molecular formula is C43H46ClN3O5. The molecule has 4 aromatic carbocycles. The van der Waals surface area contributed by atoms with E-state index >= 15 is 0 Å². The van der Waals surface area contributed by atoms with Crippen LogP contribution in [0.1, 0.15) is 33.4 Å². The van der Waals surface area contributed by atoms with Crippen molar-refractivity contribution in [2.75, 3.05) is 39.9 Å². The van der Waals surface area contributed by atoms with Crippen molar-refractivity contribution in [2.24, 2.45) is 0 Å². The summed E-state index contributed by atoms with van der Waals surface area (Å²) in [5.41, 5.74) is 6.74. The summed E-state index contributed by atoms with van der Waals surface area (Å²) in [4.78, 5) is 21.7. The highest BCUT2D eigenvalue weighted by molar-refractivity contribution is 5.92. The smallest absolute Gasteiger partial charge is 0.246 e. The molecule has 1 amide bonds. The van der Waals surface area contributed by atoms with Gasteiger partial charge in [0.05, 0.1) is 19.9 Å². The van der Waals surface area contributed by atoms with Crippen LogP contribution in [0.5, 0.6) is 28.9 Å². The monoisotopic (exact) mass is 719 g/mol. The van der Waals surface area contributed by atoms with Crippen LogP contribution >= 0.6 is 12.4 Å². The average molecular weight is 720 g/mol. The fourth-order valence-corrected chi connectivity index (χ4v) is 5.79. The van der Waals surface area contributed by atoms with Crippen LogP contribution in [-0.4, -0.2) is 60.6 Å². The largest absolute Gasteiger partial charge is 0.497 e. The molecule has 1 aliphatic heterocycles. The maximum Gasteiger partial charge on any atom is 0.246 e. The lowest BCUT2D eigenvalue weighted by atomic mass is 10.1. The maximum atomic E-state index is 13.0. The molecule has 0 bridgehead atoms. The second kappa shape index (κ2) is 18.8. The SMILES string of the molecule is COc1ccc(OCCc2ccc(CN3CCN(C(=O)/C=C/c4ccc(Oc5ccc(OCc6ccc(C)cc6)cn5)c(C)c4)CC3)cc2)cc1.Cl. The summed E-state index contributed by atoms with van der Waals surface area (Å²) >= 11 is 0. The number of amides is 1. The van der Waals surface area contributed by atoms with Crippen LogP contribution in [0.3, 0.4) is 0 Å². The number of pyridine rings is 1. The summed E-state index contributed by atoms with van der Waals surface area (Å²) in [5, 5.41) is 0. The summed E-state index contributed by atoms with van der Waals surface area (Å²) in [6, 6.07) is 34.2. The molecule has 0 saturated carbocycles. The van der Waals surface area contributed by atoms with Crippen LogP contribution in [0.25, 0.3) is 6.08 Å². The number of ether oxygens (including phenoxy) is 4. The molecule has 1 aliphatic rings. The standard InChI is InChI=1S/C43H45N3O5.ClH/c1-32-4-6-37(7-5-32)31-50-40-18-20-42(44-29-40)51-41-19-12-35(28-33(41)2)13-21-43(47)46-25-23-45(24-26-46)30-36-10-8-34(9-11-36)22-27-49-39-16-14-38(48-3)15-17-39;/h4-21,28-29H,22-27,30-31H2,1-3H3;1H/b21-13+;. The van der Waals surface area contributed by atoms with Gasteiger partial charge in [0.15, 0.2) is 0 Å². The van der Waals surface area contributed by atoms with Crippen molar-refractivity contribution in [3.63, 3.8) is 0 Å². The van der Waals surface area contributed by atoms with Gasteiger partial charge in [-0.3, -0.25) is 9.69 Å². The Bertz CT molecular complexity index is 1890. The maximum absolute atomic E-state index is 13.0. The normalized spacial score (nSPS) is 13.0. The van der Waals surface area contributed by atoms with E-state index in [0.29, 0.717) is 43.7 Å². The van der Waals surface area contributed by atoms with Gasteiger partial charge in [-0.2, -0.15) is 0 Å². The van der Waals surface area contributed by atoms with E-state index in [4.69, 9.17) is 18.9 Å². The minimum Gasteiger partial charge on any atom is -0.497 e. The number of rotatable bonds is 14. The van der Waals surface area contributed by atoms with Gasteiger partial charge in [-0.1, -0.05) is 60.2 Å². The summed E-state index contributed by atoms with van der Waals surface area (Å²) in [7, 11) is 1.66. The molecule has 2 heterocycles. The molecule has 6 rings (SSSR count). The molecule has 0 spiro atoms. The number of carbonyl (C=O) groups is 1. The van der Waals surface area contributed by atoms with Gasteiger partial charge >= 0.3 is 0 Å². The molecule has 0 aliphatic carbocycles. The fourth-order valence-electron chi connectivity index (χ4n) is 5.79. The van der Waals surface area contributed by atoms with Crippen LogP contribution < -0.4 is 18.9 Å². The van der Waals surface area contributed by atoms with E-state index in [0.717, 1.165) is 54.2 Å². The summed E-state index contributed by atoms with van der Waals surface area (Å²) in [6.45, 7) is 9.12. The van der Waals surface area contributed by atoms with E-state index in [9.17, 15) is 4.79 Å². The quantitative estimate of drug-likeness (QED) is 0.107. The molecule has 5 aromatic rings. The number of aryl methyl sites for hydroxylation is 2. The van der Waals surface area contributed by atoms with Crippen molar-refractivity contribution < 1.29 is 23.7 Å². The Morgan fingerprint density at radius 2 is 1.42 bits per heavy atom. The van der Waals surface area contributed by atoms with E-state index in [2.05, 4.69) is 65.3 Å². The Morgan fingerprint density at radius 1 is 0.750 bits per heavy atom. The van der Waals surface area contributed by atoms with Gasteiger partial charge in [-0.05, 0) is 90.2 Å². The molecule has 0 atom stereocenters. The number of benzene rings is 4. The van der Waals surface area contributed by atoms with Crippen LogP contribution in [0.4, 0.5) is 0 Å². The van der Waals surface area contributed by atoms with Gasteiger partial charge < -0.3 is 23.8 Å². The number of aromatic nitrogens is 1. The van der Waals surface area contributed by atoms with Crippen LogP contribution in [0, 0.1) is 13.8 Å². The number of hydrogen-bond donors (Lipinski definition) is 0. The van der Waals surface area contributed by atoms with Crippen molar-refractivity contribution in [2.45, 2.75) is 33.4 Å². The Morgan fingerprint density at radius 3 is 2.10 bits per heavy atom. The lowest BCUT2D eigenvalue weighted by molar-refractivity contribution is -0.127. The third-order valence-corrected chi connectivity index (χ3v) is 8.90. The second-order valence-electron chi connectivity index (χ2n) is 12.8. The molecular weight excluding hydrogens is 674 g/mol. The summed E-state index contributed by atoms with van der Waals surface area (Å²) in [6.07, 6.45) is 6.05. The van der Waals surface area contributed by atoms with E-state index < -0.39 is 0 Å². The zero-order valence-electron chi connectivity index (χ0n) is 30.0. The molecule has 9 heteroatoms. The molecule has 270 valence electrons. The Kier molecular flexibility index (Phi) is 13.7. The zero-order chi connectivity index (χ0) is 35.4. The van der Waals surface area contributed by atoms with Crippen molar-refractivity contribution in [3.05, 3.63) is 149 Å². The number of hydrogen-bond acceptors (Lipinski definition) is 7. The first kappa shape index (κ1) is 37.9. The average Bonchev–Trinajstić information content (AvgIpc) is 3.16. The van der Waals surface area contributed by atoms with Gasteiger partial charge in [-0.15, -0.1) is 12.4 Å². The molecule has 1 saturated heterocycles. The lowest BCUT2D eigenvalue weighted by Crippen LogP contribution is -2.47. The third kappa shape index (κ3) is 11.1.